The molecule has 18 heavy (non-hydrogen) atoms. The van der Waals surface area contributed by atoms with Gasteiger partial charge in [0, 0.05) is 6.42 Å². The van der Waals surface area contributed by atoms with E-state index in [1.807, 2.05) is 0 Å². The summed E-state index contributed by atoms with van der Waals surface area (Å²) in [7, 11) is -3.13. The Hall–Kier alpha value is -0.660. The Labute approximate surface area is 106 Å². The Morgan fingerprint density at radius 2 is 2.11 bits per heavy atom. The topological polar surface area (TPSA) is 89.9 Å². The van der Waals surface area contributed by atoms with Crippen LogP contribution in [0.1, 0.15) is 32.1 Å². The van der Waals surface area contributed by atoms with E-state index in [1.165, 1.54) is 0 Å². The standard InChI is InChI=1S/C11H18O6S/c12-10(13)5-4-8-7-16-11(17-8)9-3-1-2-6-18(9,14)15/h8-9,11H,1-7H2,(H,12,13). The van der Waals surface area contributed by atoms with Crippen LogP contribution in [0.2, 0.25) is 0 Å². The maximum absolute atomic E-state index is 11.9. The van der Waals surface area contributed by atoms with Crippen LogP contribution < -0.4 is 0 Å². The minimum absolute atomic E-state index is 0.0121. The van der Waals surface area contributed by atoms with Crippen molar-refractivity contribution in [1.82, 2.24) is 0 Å². The molecule has 0 spiro atoms. The fraction of sp³-hybridized carbons (Fsp3) is 0.909. The minimum Gasteiger partial charge on any atom is -0.481 e. The van der Waals surface area contributed by atoms with E-state index < -0.39 is 27.3 Å². The van der Waals surface area contributed by atoms with Gasteiger partial charge in [0.15, 0.2) is 16.1 Å². The lowest BCUT2D eigenvalue weighted by atomic mass is 10.2. The van der Waals surface area contributed by atoms with Crippen LogP contribution in [0, 0.1) is 0 Å². The average molecular weight is 278 g/mol. The summed E-state index contributed by atoms with van der Waals surface area (Å²) in [6.07, 6.45) is 1.49. The van der Waals surface area contributed by atoms with Crippen LogP contribution in [-0.4, -0.2) is 49.5 Å². The molecule has 2 rings (SSSR count). The monoisotopic (exact) mass is 278 g/mol. The van der Waals surface area contributed by atoms with Crippen LogP contribution in [0.3, 0.4) is 0 Å². The SMILES string of the molecule is O=C(O)CCC1COC(C2CCCCS2(=O)=O)O1. The molecule has 2 aliphatic rings. The molecule has 7 heteroatoms. The van der Waals surface area contributed by atoms with Gasteiger partial charge in [-0.1, -0.05) is 6.42 Å². The highest BCUT2D eigenvalue weighted by atomic mass is 32.2. The Kier molecular flexibility index (Phi) is 4.24. The summed E-state index contributed by atoms with van der Waals surface area (Å²) in [5.74, 6) is -0.687. The predicted molar refractivity (Wildman–Crippen MR) is 62.9 cm³/mol. The van der Waals surface area contributed by atoms with Crippen molar-refractivity contribution in [2.45, 2.75) is 49.7 Å². The van der Waals surface area contributed by atoms with Crippen LogP contribution in [0.5, 0.6) is 0 Å². The van der Waals surface area contributed by atoms with Crippen molar-refractivity contribution in [1.29, 1.82) is 0 Å². The molecule has 2 heterocycles. The third-order valence-electron chi connectivity index (χ3n) is 3.39. The van der Waals surface area contributed by atoms with Crippen LogP contribution in [0.25, 0.3) is 0 Å². The van der Waals surface area contributed by atoms with E-state index in [-0.39, 0.29) is 24.9 Å². The van der Waals surface area contributed by atoms with Crippen LogP contribution in [-0.2, 0) is 24.1 Å². The maximum atomic E-state index is 11.9. The van der Waals surface area contributed by atoms with Crippen molar-refractivity contribution in [2.75, 3.05) is 12.4 Å². The molecule has 0 aliphatic carbocycles. The highest BCUT2D eigenvalue weighted by Gasteiger charge is 2.41. The Morgan fingerprint density at radius 1 is 1.33 bits per heavy atom. The van der Waals surface area contributed by atoms with Gasteiger partial charge in [-0.3, -0.25) is 4.79 Å². The van der Waals surface area contributed by atoms with Gasteiger partial charge in [0.05, 0.1) is 18.5 Å². The van der Waals surface area contributed by atoms with Gasteiger partial charge in [0.25, 0.3) is 0 Å². The molecule has 2 aliphatic heterocycles. The van der Waals surface area contributed by atoms with E-state index in [9.17, 15) is 13.2 Å². The number of ether oxygens (including phenoxy) is 2. The smallest absolute Gasteiger partial charge is 0.303 e. The predicted octanol–water partition coefficient (Wildman–Crippen LogP) is 0.560. The van der Waals surface area contributed by atoms with Gasteiger partial charge in [-0.25, -0.2) is 8.42 Å². The highest BCUT2D eigenvalue weighted by Crippen LogP contribution is 2.29. The van der Waals surface area contributed by atoms with Crippen molar-refractivity contribution < 1.29 is 27.8 Å². The summed E-state index contributed by atoms with van der Waals surface area (Å²) in [4.78, 5) is 10.5. The van der Waals surface area contributed by atoms with E-state index in [0.29, 0.717) is 19.3 Å². The summed E-state index contributed by atoms with van der Waals surface area (Å²) in [5, 5.41) is 8.00. The van der Waals surface area contributed by atoms with Crippen molar-refractivity contribution in [2.24, 2.45) is 0 Å². The second-order valence-electron chi connectivity index (χ2n) is 4.79. The number of aliphatic carboxylic acids is 1. The third kappa shape index (κ3) is 3.21. The number of carboxylic acids is 1. The van der Waals surface area contributed by atoms with E-state index in [0.717, 1.165) is 6.42 Å². The Morgan fingerprint density at radius 3 is 2.78 bits per heavy atom. The molecule has 1 N–H and O–H groups in total. The number of sulfone groups is 1. The molecule has 6 nitrogen and oxygen atoms in total. The molecular formula is C11H18O6S. The zero-order chi connectivity index (χ0) is 13.2. The quantitative estimate of drug-likeness (QED) is 0.808. The lowest BCUT2D eigenvalue weighted by molar-refractivity contribution is -0.138. The lowest BCUT2D eigenvalue weighted by Gasteiger charge is -2.26. The molecule has 0 aromatic rings. The average Bonchev–Trinajstić information content (AvgIpc) is 2.74. The summed E-state index contributed by atoms with van der Waals surface area (Å²) < 4.78 is 34.7. The number of carbonyl (C=O) groups is 1. The molecule has 0 aromatic carbocycles. The van der Waals surface area contributed by atoms with Gasteiger partial charge in [-0.2, -0.15) is 0 Å². The molecule has 0 amide bonds. The zero-order valence-corrected chi connectivity index (χ0v) is 10.9. The largest absolute Gasteiger partial charge is 0.481 e. The molecule has 0 aromatic heterocycles. The van der Waals surface area contributed by atoms with Gasteiger partial charge in [0.1, 0.15) is 5.25 Å². The van der Waals surface area contributed by atoms with Gasteiger partial charge in [-0.15, -0.1) is 0 Å². The fourth-order valence-electron chi connectivity index (χ4n) is 2.39. The number of hydrogen-bond acceptors (Lipinski definition) is 5. The molecule has 2 fully saturated rings. The van der Waals surface area contributed by atoms with Crippen LogP contribution in [0.15, 0.2) is 0 Å². The van der Waals surface area contributed by atoms with Gasteiger partial charge >= 0.3 is 5.97 Å². The summed E-state index contributed by atoms with van der Waals surface area (Å²) in [6, 6.07) is 0. The van der Waals surface area contributed by atoms with Crippen LogP contribution in [0.4, 0.5) is 0 Å². The molecular weight excluding hydrogens is 260 g/mol. The molecule has 2 saturated heterocycles. The normalized spacial score (nSPS) is 35.4. The first kappa shape index (κ1) is 13.8. The van der Waals surface area contributed by atoms with Crippen LogP contribution >= 0.6 is 0 Å². The Bertz CT molecular complexity index is 404. The first-order valence-electron chi connectivity index (χ1n) is 6.19. The summed E-state index contributed by atoms with van der Waals surface area (Å²) in [6.45, 7) is 0.282. The molecule has 104 valence electrons. The maximum Gasteiger partial charge on any atom is 0.303 e. The molecule has 3 unspecified atom stereocenters. The molecule has 0 bridgehead atoms. The van der Waals surface area contributed by atoms with Crippen molar-refractivity contribution in [3.8, 4) is 0 Å². The van der Waals surface area contributed by atoms with Gasteiger partial charge < -0.3 is 14.6 Å². The van der Waals surface area contributed by atoms with E-state index in [2.05, 4.69) is 0 Å². The van der Waals surface area contributed by atoms with Crippen molar-refractivity contribution >= 4 is 15.8 Å². The van der Waals surface area contributed by atoms with Crippen molar-refractivity contribution in [3.05, 3.63) is 0 Å². The number of hydrogen-bond donors (Lipinski definition) is 1. The van der Waals surface area contributed by atoms with E-state index in [4.69, 9.17) is 14.6 Å². The third-order valence-corrected chi connectivity index (χ3v) is 5.62. The lowest BCUT2D eigenvalue weighted by Crippen LogP contribution is -2.39. The number of carboxylic acid groups (broad SMARTS) is 1. The highest BCUT2D eigenvalue weighted by molar-refractivity contribution is 7.92. The zero-order valence-electron chi connectivity index (χ0n) is 10.1. The van der Waals surface area contributed by atoms with Crippen molar-refractivity contribution in [3.63, 3.8) is 0 Å². The fourth-order valence-corrected chi connectivity index (χ4v) is 4.30. The minimum atomic E-state index is -3.13. The first-order chi connectivity index (χ1) is 8.49. The van der Waals surface area contributed by atoms with Gasteiger partial charge in [-0.05, 0) is 19.3 Å². The first-order valence-corrected chi connectivity index (χ1v) is 7.91. The second-order valence-corrected chi connectivity index (χ2v) is 7.13. The molecule has 3 atom stereocenters. The molecule has 0 radical (unpaired) electrons. The number of rotatable bonds is 4. The van der Waals surface area contributed by atoms with E-state index in [1.54, 1.807) is 0 Å². The Balaban J connectivity index is 1.90. The molecule has 0 saturated carbocycles. The summed E-state index contributed by atoms with van der Waals surface area (Å²) >= 11 is 0. The summed E-state index contributed by atoms with van der Waals surface area (Å²) in [5.41, 5.74) is 0. The second kappa shape index (κ2) is 5.54. The van der Waals surface area contributed by atoms with Gasteiger partial charge in [0.2, 0.25) is 0 Å². The van der Waals surface area contributed by atoms with E-state index >= 15 is 0 Å².